The standard InChI is InChI=1S/C10H11F3O2/c1-2-15-8-5-3-4-7(6-8)9(14)10(11,12)13/h3-6,9,14H,2H2,1H3. The highest BCUT2D eigenvalue weighted by atomic mass is 19.4. The average Bonchev–Trinajstić information content (AvgIpc) is 2.16. The van der Waals surface area contributed by atoms with E-state index in [-0.39, 0.29) is 5.56 Å². The van der Waals surface area contributed by atoms with Crippen LogP contribution in [0.25, 0.3) is 0 Å². The van der Waals surface area contributed by atoms with E-state index in [9.17, 15) is 13.2 Å². The maximum Gasteiger partial charge on any atom is 0.418 e. The number of hydrogen-bond acceptors (Lipinski definition) is 2. The van der Waals surface area contributed by atoms with Crippen molar-refractivity contribution in [1.82, 2.24) is 0 Å². The quantitative estimate of drug-likeness (QED) is 0.848. The predicted octanol–water partition coefficient (Wildman–Crippen LogP) is 2.68. The minimum atomic E-state index is -4.65. The molecule has 0 saturated heterocycles. The second-order valence-electron chi connectivity index (χ2n) is 2.95. The Labute approximate surface area is 85.3 Å². The summed E-state index contributed by atoms with van der Waals surface area (Å²) in [4.78, 5) is 0. The van der Waals surface area contributed by atoms with E-state index in [0.717, 1.165) is 0 Å². The first kappa shape index (κ1) is 11.8. The van der Waals surface area contributed by atoms with Crippen LogP contribution in [0.2, 0.25) is 0 Å². The lowest BCUT2D eigenvalue weighted by molar-refractivity contribution is -0.206. The smallest absolute Gasteiger partial charge is 0.418 e. The molecule has 1 unspecified atom stereocenters. The third-order valence-corrected chi connectivity index (χ3v) is 1.79. The normalized spacial score (nSPS) is 13.7. The fourth-order valence-corrected chi connectivity index (χ4v) is 1.13. The van der Waals surface area contributed by atoms with Gasteiger partial charge in [-0.25, -0.2) is 0 Å². The minimum absolute atomic E-state index is 0.214. The van der Waals surface area contributed by atoms with Gasteiger partial charge in [-0.05, 0) is 24.6 Å². The summed E-state index contributed by atoms with van der Waals surface area (Å²) in [7, 11) is 0. The molecule has 1 aromatic rings. The highest BCUT2D eigenvalue weighted by molar-refractivity contribution is 5.30. The van der Waals surface area contributed by atoms with Crippen molar-refractivity contribution in [3.63, 3.8) is 0 Å². The maximum absolute atomic E-state index is 12.2. The molecule has 0 heterocycles. The molecular weight excluding hydrogens is 209 g/mol. The van der Waals surface area contributed by atoms with Gasteiger partial charge in [0.05, 0.1) is 6.61 Å². The van der Waals surface area contributed by atoms with Gasteiger partial charge in [0.15, 0.2) is 6.10 Å². The number of alkyl halides is 3. The lowest BCUT2D eigenvalue weighted by Crippen LogP contribution is -2.20. The van der Waals surface area contributed by atoms with Crippen LogP contribution in [-0.4, -0.2) is 17.9 Å². The van der Waals surface area contributed by atoms with Crippen molar-refractivity contribution in [3.8, 4) is 5.75 Å². The molecule has 1 aromatic carbocycles. The van der Waals surface area contributed by atoms with Gasteiger partial charge in [-0.3, -0.25) is 0 Å². The Morgan fingerprint density at radius 2 is 2.07 bits per heavy atom. The average molecular weight is 220 g/mol. The van der Waals surface area contributed by atoms with Crippen LogP contribution in [0.3, 0.4) is 0 Å². The number of aliphatic hydroxyl groups is 1. The van der Waals surface area contributed by atoms with E-state index in [1.807, 2.05) is 0 Å². The molecule has 0 radical (unpaired) electrons. The minimum Gasteiger partial charge on any atom is -0.494 e. The Kier molecular flexibility index (Phi) is 3.57. The zero-order valence-electron chi connectivity index (χ0n) is 8.08. The largest absolute Gasteiger partial charge is 0.494 e. The van der Waals surface area contributed by atoms with E-state index in [4.69, 9.17) is 9.84 Å². The van der Waals surface area contributed by atoms with Gasteiger partial charge in [0.2, 0.25) is 0 Å². The zero-order valence-corrected chi connectivity index (χ0v) is 8.08. The lowest BCUT2D eigenvalue weighted by atomic mass is 10.1. The number of rotatable bonds is 3. The van der Waals surface area contributed by atoms with Crippen molar-refractivity contribution in [1.29, 1.82) is 0 Å². The molecule has 0 amide bonds. The third kappa shape index (κ3) is 3.13. The second kappa shape index (κ2) is 4.53. The molecule has 0 aliphatic heterocycles. The first-order chi connectivity index (χ1) is 6.95. The molecule has 0 aliphatic rings. The Morgan fingerprint density at radius 3 is 2.60 bits per heavy atom. The molecule has 5 heteroatoms. The number of halogens is 3. The Morgan fingerprint density at radius 1 is 1.40 bits per heavy atom. The van der Waals surface area contributed by atoms with Gasteiger partial charge in [0.1, 0.15) is 5.75 Å². The second-order valence-corrected chi connectivity index (χ2v) is 2.95. The lowest BCUT2D eigenvalue weighted by Gasteiger charge is -2.15. The molecule has 0 aliphatic carbocycles. The Balaban J connectivity index is 2.90. The van der Waals surface area contributed by atoms with Gasteiger partial charge in [-0.1, -0.05) is 12.1 Å². The zero-order chi connectivity index (χ0) is 11.5. The fraction of sp³-hybridized carbons (Fsp3) is 0.400. The van der Waals surface area contributed by atoms with Crippen molar-refractivity contribution >= 4 is 0 Å². The summed E-state index contributed by atoms with van der Waals surface area (Å²) >= 11 is 0. The Hall–Kier alpha value is -1.23. The molecule has 0 spiro atoms. The monoisotopic (exact) mass is 220 g/mol. The molecule has 15 heavy (non-hydrogen) atoms. The SMILES string of the molecule is CCOc1cccc(C(O)C(F)(F)F)c1. The van der Waals surface area contributed by atoms with Crippen LogP contribution in [0.5, 0.6) is 5.75 Å². The molecular formula is C10H11F3O2. The summed E-state index contributed by atoms with van der Waals surface area (Å²) in [6.07, 6.45) is -7.11. The molecule has 0 bridgehead atoms. The van der Waals surface area contributed by atoms with E-state index >= 15 is 0 Å². The van der Waals surface area contributed by atoms with Crippen LogP contribution < -0.4 is 4.74 Å². The molecule has 0 aromatic heterocycles. The van der Waals surface area contributed by atoms with Crippen LogP contribution in [-0.2, 0) is 0 Å². The number of ether oxygens (including phenoxy) is 1. The summed E-state index contributed by atoms with van der Waals surface area (Å²) in [5.41, 5.74) is -0.214. The van der Waals surface area contributed by atoms with Crippen molar-refractivity contribution in [2.75, 3.05) is 6.61 Å². The van der Waals surface area contributed by atoms with Gasteiger partial charge < -0.3 is 9.84 Å². The molecule has 84 valence electrons. The molecule has 1 atom stereocenters. The van der Waals surface area contributed by atoms with Gasteiger partial charge in [-0.15, -0.1) is 0 Å². The van der Waals surface area contributed by atoms with Gasteiger partial charge in [-0.2, -0.15) is 13.2 Å². The first-order valence-corrected chi connectivity index (χ1v) is 4.42. The highest BCUT2D eigenvalue weighted by Gasteiger charge is 2.39. The fourth-order valence-electron chi connectivity index (χ4n) is 1.13. The number of benzene rings is 1. The maximum atomic E-state index is 12.2. The summed E-state index contributed by atoms with van der Waals surface area (Å²) in [6.45, 7) is 2.10. The van der Waals surface area contributed by atoms with E-state index in [0.29, 0.717) is 12.4 Å². The van der Waals surface area contributed by atoms with Gasteiger partial charge >= 0.3 is 6.18 Å². The molecule has 2 nitrogen and oxygen atoms in total. The van der Waals surface area contributed by atoms with Crippen LogP contribution in [0, 0.1) is 0 Å². The molecule has 1 N–H and O–H groups in total. The molecule has 0 fully saturated rings. The number of aliphatic hydroxyl groups excluding tert-OH is 1. The third-order valence-electron chi connectivity index (χ3n) is 1.79. The summed E-state index contributed by atoms with van der Waals surface area (Å²) in [6, 6.07) is 5.34. The van der Waals surface area contributed by atoms with Gasteiger partial charge in [0, 0.05) is 0 Å². The van der Waals surface area contributed by atoms with E-state index in [1.165, 1.54) is 24.3 Å². The van der Waals surface area contributed by atoms with E-state index < -0.39 is 12.3 Å². The van der Waals surface area contributed by atoms with Crippen LogP contribution in [0.4, 0.5) is 13.2 Å². The van der Waals surface area contributed by atoms with Crippen molar-refractivity contribution < 1.29 is 23.0 Å². The molecule has 1 rings (SSSR count). The van der Waals surface area contributed by atoms with Crippen LogP contribution in [0.1, 0.15) is 18.6 Å². The highest BCUT2D eigenvalue weighted by Crippen LogP contribution is 2.33. The van der Waals surface area contributed by atoms with E-state index in [2.05, 4.69) is 0 Å². The Bertz CT molecular complexity index is 323. The van der Waals surface area contributed by atoms with Crippen LogP contribution >= 0.6 is 0 Å². The summed E-state index contributed by atoms with van der Waals surface area (Å²) < 4.78 is 41.5. The van der Waals surface area contributed by atoms with Crippen molar-refractivity contribution in [2.24, 2.45) is 0 Å². The molecule has 0 saturated carbocycles. The number of hydrogen-bond donors (Lipinski definition) is 1. The van der Waals surface area contributed by atoms with E-state index in [1.54, 1.807) is 6.92 Å². The summed E-state index contributed by atoms with van der Waals surface area (Å²) in [5, 5.41) is 8.97. The van der Waals surface area contributed by atoms with Gasteiger partial charge in [0.25, 0.3) is 0 Å². The first-order valence-electron chi connectivity index (χ1n) is 4.42. The predicted molar refractivity (Wildman–Crippen MR) is 48.6 cm³/mol. The summed E-state index contributed by atoms with van der Waals surface area (Å²) in [5.74, 6) is 0.318. The van der Waals surface area contributed by atoms with Crippen molar-refractivity contribution in [3.05, 3.63) is 29.8 Å². The van der Waals surface area contributed by atoms with Crippen LogP contribution in [0.15, 0.2) is 24.3 Å². The topological polar surface area (TPSA) is 29.5 Å². The van der Waals surface area contributed by atoms with Crippen molar-refractivity contribution in [2.45, 2.75) is 19.2 Å².